The fourth-order valence-corrected chi connectivity index (χ4v) is 2.80. The van der Waals surface area contributed by atoms with Gasteiger partial charge in [-0.05, 0) is 62.8 Å². The summed E-state index contributed by atoms with van der Waals surface area (Å²) in [7, 11) is 0. The van der Waals surface area contributed by atoms with Crippen LogP contribution in [0.25, 0.3) is 11.3 Å². The number of carbonyl (C=O) groups excluding carboxylic acids is 1. The number of aryl methyl sites for hydroxylation is 2. The van der Waals surface area contributed by atoms with Crippen molar-refractivity contribution in [1.82, 2.24) is 9.78 Å². The molecule has 1 aliphatic carbocycles. The Morgan fingerprint density at radius 1 is 1.33 bits per heavy atom. The Balaban J connectivity index is 2.06. The Bertz CT molecular complexity index is 678. The van der Waals surface area contributed by atoms with Crippen LogP contribution in [0.2, 0.25) is 0 Å². The molecule has 0 spiro atoms. The maximum absolute atomic E-state index is 13.8. The second kappa shape index (κ2) is 5.10. The highest BCUT2D eigenvalue weighted by Gasteiger charge is 2.30. The second-order valence-electron chi connectivity index (χ2n) is 6.03. The number of aromatic nitrogens is 2. The first-order chi connectivity index (χ1) is 10.0. The molecule has 110 valence electrons. The van der Waals surface area contributed by atoms with Gasteiger partial charge in [0.1, 0.15) is 11.5 Å². The van der Waals surface area contributed by atoms with Gasteiger partial charge in [-0.3, -0.25) is 9.48 Å². The average Bonchev–Trinajstić information content (AvgIpc) is 3.22. The summed E-state index contributed by atoms with van der Waals surface area (Å²) < 4.78 is 15.6. The summed E-state index contributed by atoms with van der Waals surface area (Å²) in [6, 6.07) is 3.81. The lowest BCUT2D eigenvalue weighted by molar-refractivity contribution is 0.112. The molecule has 1 heterocycles. The van der Waals surface area contributed by atoms with Gasteiger partial charge in [-0.15, -0.1) is 0 Å². The van der Waals surface area contributed by atoms with E-state index in [1.54, 1.807) is 32.2 Å². The molecule has 0 saturated heterocycles. The Morgan fingerprint density at radius 2 is 1.95 bits per heavy atom. The van der Waals surface area contributed by atoms with E-state index in [9.17, 15) is 9.18 Å². The van der Waals surface area contributed by atoms with E-state index in [4.69, 9.17) is 0 Å². The van der Waals surface area contributed by atoms with Gasteiger partial charge in [0.05, 0.1) is 11.6 Å². The molecular weight excluding hydrogens is 267 g/mol. The standard InChI is InChI=1S/C17H19FN2O/c1-10-6-14(7-11(2)16(10)18)17-15(9-21)8-20(19-17)12(3)13-4-5-13/h6-9,12-13H,4-5H2,1-3H3. The van der Waals surface area contributed by atoms with Crippen LogP contribution in [-0.4, -0.2) is 16.1 Å². The number of rotatable bonds is 4. The minimum atomic E-state index is -0.197. The monoisotopic (exact) mass is 286 g/mol. The Hall–Kier alpha value is -1.97. The van der Waals surface area contributed by atoms with Crippen LogP contribution >= 0.6 is 0 Å². The van der Waals surface area contributed by atoms with Crippen molar-refractivity contribution in [2.24, 2.45) is 5.92 Å². The fraction of sp³-hybridized carbons (Fsp3) is 0.412. The van der Waals surface area contributed by atoms with Crippen molar-refractivity contribution in [1.29, 1.82) is 0 Å². The van der Waals surface area contributed by atoms with E-state index in [1.165, 1.54) is 12.8 Å². The molecule has 1 atom stereocenters. The third-order valence-electron chi connectivity index (χ3n) is 4.32. The van der Waals surface area contributed by atoms with Crippen LogP contribution < -0.4 is 0 Å². The number of halogens is 1. The van der Waals surface area contributed by atoms with Crippen LogP contribution in [0.5, 0.6) is 0 Å². The van der Waals surface area contributed by atoms with Crippen LogP contribution in [0.15, 0.2) is 18.3 Å². The molecule has 1 aromatic carbocycles. The fourth-order valence-electron chi connectivity index (χ4n) is 2.80. The molecule has 3 rings (SSSR count). The first-order valence-electron chi connectivity index (χ1n) is 7.32. The zero-order valence-corrected chi connectivity index (χ0v) is 12.6. The molecular formula is C17H19FN2O. The lowest BCUT2D eigenvalue weighted by Gasteiger charge is -2.10. The van der Waals surface area contributed by atoms with Crippen molar-refractivity contribution in [3.63, 3.8) is 0 Å². The molecule has 1 unspecified atom stereocenters. The van der Waals surface area contributed by atoms with Gasteiger partial charge in [0, 0.05) is 11.8 Å². The predicted octanol–water partition coefficient (Wildman–Crippen LogP) is 4.09. The van der Waals surface area contributed by atoms with Gasteiger partial charge in [-0.1, -0.05) is 0 Å². The van der Waals surface area contributed by atoms with E-state index in [1.807, 2.05) is 4.68 Å². The maximum Gasteiger partial charge on any atom is 0.153 e. The molecule has 1 fully saturated rings. The topological polar surface area (TPSA) is 34.9 Å². The Kier molecular flexibility index (Phi) is 3.40. The SMILES string of the molecule is Cc1cc(-c2nn(C(C)C3CC3)cc2C=O)cc(C)c1F. The van der Waals surface area contributed by atoms with Crippen LogP contribution in [0, 0.1) is 25.6 Å². The molecule has 4 heteroatoms. The normalized spacial score (nSPS) is 16.0. The summed E-state index contributed by atoms with van der Waals surface area (Å²) >= 11 is 0. The molecule has 21 heavy (non-hydrogen) atoms. The minimum absolute atomic E-state index is 0.197. The maximum atomic E-state index is 13.8. The smallest absolute Gasteiger partial charge is 0.153 e. The van der Waals surface area contributed by atoms with Crippen LogP contribution in [0.3, 0.4) is 0 Å². The molecule has 0 N–H and O–H groups in total. The van der Waals surface area contributed by atoms with Crippen molar-refractivity contribution < 1.29 is 9.18 Å². The summed E-state index contributed by atoms with van der Waals surface area (Å²) in [5.74, 6) is 0.464. The average molecular weight is 286 g/mol. The third kappa shape index (κ3) is 2.50. The second-order valence-corrected chi connectivity index (χ2v) is 6.03. The van der Waals surface area contributed by atoms with E-state index in [2.05, 4.69) is 12.0 Å². The number of hydrogen-bond acceptors (Lipinski definition) is 2. The zero-order chi connectivity index (χ0) is 15.1. The van der Waals surface area contributed by atoms with Gasteiger partial charge >= 0.3 is 0 Å². The third-order valence-corrected chi connectivity index (χ3v) is 4.32. The van der Waals surface area contributed by atoms with Gasteiger partial charge < -0.3 is 0 Å². The van der Waals surface area contributed by atoms with Crippen molar-refractivity contribution in [3.8, 4) is 11.3 Å². The number of aldehydes is 1. The molecule has 0 radical (unpaired) electrons. The molecule has 0 aliphatic heterocycles. The largest absolute Gasteiger partial charge is 0.298 e. The Morgan fingerprint density at radius 3 is 2.48 bits per heavy atom. The molecule has 1 aromatic heterocycles. The molecule has 0 amide bonds. The zero-order valence-electron chi connectivity index (χ0n) is 12.6. The highest BCUT2D eigenvalue weighted by molar-refractivity contribution is 5.85. The van der Waals surface area contributed by atoms with Crippen LogP contribution in [0.4, 0.5) is 4.39 Å². The van der Waals surface area contributed by atoms with Crippen LogP contribution in [-0.2, 0) is 0 Å². The quantitative estimate of drug-likeness (QED) is 0.793. The van der Waals surface area contributed by atoms with Crippen molar-refractivity contribution in [2.75, 3.05) is 0 Å². The summed E-state index contributed by atoms with van der Waals surface area (Å²) in [6.45, 7) is 5.59. The number of carbonyl (C=O) groups is 1. The Labute approximate surface area is 123 Å². The van der Waals surface area contributed by atoms with E-state index in [0.29, 0.717) is 34.3 Å². The lowest BCUT2D eigenvalue weighted by atomic mass is 10.0. The summed E-state index contributed by atoms with van der Waals surface area (Å²) in [4.78, 5) is 11.3. The molecule has 1 aliphatic rings. The lowest BCUT2D eigenvalue weighted by Crippen LogP contribution is -2.07. The van der Waals surface area contributed by atoms with Gasteiger partial charge in [0.2, 0.25) is 0 Å². The van der Waals surface area contributed by atoms with E-state index in [0.717, 1.165) is 11.8 Å². The summed E-state index contributed by atoms with van der Waals surface area (Å²) in [6.07, 6.45) is 5.08. The van der Waals surface area contributed by atoms with Gasteiger partial charge in [-0.2, -0.15) is 5.10 Å². The molecule has 1 saturated carbocycles. The molecule has 2 aromatic rings. The van der Waals surface area contributed by atoms with E-state index >= 15 is 0 Å². The van der Waals surface area contributed by atoms with Crippen molar-refractivity contribution in [2.45, 2.75) is 39.7 Å². The highest BCUT2D eigenvalue weighted by atomic mass is 19.1. The number of nitrogens with zero attached hydrogens (tertiary/aromatic N) is 2. The van der Waals surface area contributed by atoms with Crippen LogP contribution in [0.1, 0.15) is 47.3 Å². The molecule has 0 bridgehead atoms. The first-order valence-corrected chi connectivity index (χ1v) is 7.32. The summed E-state index contributed by atoms with van der Waals surface area (Å²) in [5, 5.41) is 4.59. The molecule has 3 nitrogen and oxygen atoms in total. The minimum Gasteiger partial charge on any atom is -0.298 e. The predicted molar refractivity (Wildman–Crippen MR) is 79.9 cm³/mol. The van der Waals surface area contributed by atoms with Gasteiger partial charge in [0.15, 0.2) is 6.29 Å². The highest BCUT2D eigenvalue weighted by Crippen LogP contribution is 2.39. The van der Waals surface area contributed by atoms with Gasteiger partial charge in [-0.25, -0.2) is 4.39 Å². The van der Waals surface area contributed by atoms with E-state index in [-0.39, 0.29) is 5.82 Å². The number of hydrogen-bond donors (Lipinski definition) is 0. The van der Waals surface area contributed by atoms with Crippen molar-refractivity contribution in [3.05, 3.63) is 40.8 Å². The number of benzene rings is 1. The van der Waals surface area contributed by atoms with Gasteiger partial charge in [0.25, 0.3) is 0 Å². The van der Waals surface area contributed by atoms with Crippen molar-refractivity contribution >= 4 is 6.29 Å². The van der Waals surface area contributed by atoms with E-state index < -0.39 is 0 Å². The summed E-state index contributed by atoms with van der Waals surface area (Å²) in [5.41, 5.74) is 3.16. The first kappa shape index (κ1) is 14.0.